The van der Waals surface area contributed by atoms with Crippen LogP contribution in [0.25, 0.3) is 0 Å². The Morgan fingerprint density at radius 1 is 1.31 bits per heavy atom. The van der Waals surface area contributed by atoms with Crippen LogP contribution in [0.2, 0.25) is 5.02 Å². The Kier molecular flexibility index (Phi) is 3.26. The monoisotopic (exact) mass is 239 g/mol. The van der Waals surface area contributed by atoms with Gasteiger partial charge in [0, 0.05) is 25.2 Å². The summed E-state index contributed by atoms with van der Waals surface area (Å²) >= 11 is 6.22. The van der Waals surface area contributed by atoms with Gasteiger partial charge in [0.2, 0.25) is 0 Å². The predicted octanol–water partition coefficient (Wildman–Crippen LogP) is 2.11. The first-order valence-electron chi connectivity index (χ1n) is 5.63. The van der Waals surface area contributed by atoms with Crippen LogP contribution in [0.5, 0.6) is 0 Å². The number of para-hydroxylation sites is 1. The Labute approximate surface area is 102 Å². The lowest BCUT2D eigenvalue weighted by atomic mass is 10.1. The van der Waals surface area contributed by atoms with Gasteiger partial charge in [0.1, 0.15) is 0 Å². The molecule has 16 heavy (non-hydrogen) atoms. The lowest BCUT2D eigenvalue weighted by Crippen LogP contribution is -2.54. The minimum atomic E-state index is 0.458. The van der Waals surface area contributed by atoms with Crippen molar-refractivity contribution in [2.24, 2.45) is 0 Å². The summed E-state index contributed by atoms with van der Waals surface area (Å²) in [6, 6.07) is 6.60. The molecule has 0 bridgehead atoms. The minimum absolute atomic E-state index is 0.458. The third kappa shape index (κ3) is 2.25. The van der Waals surface area contributed by atoms with Crippen molar-refractivity contribution in [2.45, 2.75) is 25.9 Å². The first kappa shape index (κ1) is 11.6. The van der Waals surface area contributed by atoms with Crippen molar-refractivity contribution in [2.75, 3.05) is 23.7 Å². The molecule has 0 unspecified atom stereocenters. The number of benzene rings is 1. The molecule has 0 aliphatic carbocycles. The maximum absolute atomic E-state index is 6.22. The van der Waals surface area contributed by atoms with Crippen LogP contribution in [0.4, 0.5) is 11.4 Å². The van der Waals surface area contributed by atoms with Gasteiger partial charge in [0.25, 0.3) is 0 Å². The molecule has 0 spiro atoms. The van der Waals surface area contributed by atoms with Gasteiger partial charge in [-0.25, -0.2) is 0 Å². The second kappa shape index (κ2) is 4.52. The molecule has 0 saturated carbocycles. The first-order valence-corrected chi connectivity index (χ1v) is 6.00. The number of nitrogen functional groups attached to an aromatic ring is 1. The normalized spacial score (nSPS) is 25.8. The van der Waals surface area contributed by atoms with Gasteiger partial charge >= 0.3 is 0 Å². The molecule has 0 amide bonds. The molecule has 1 aliphatic heterocycles. The Morgan fingerprint density at radius 3 is 2.50 bits per heavy atom. The van der Waals surface area contributed by atoms with Crippen LogP contribution in [0, 0.1) is 0 Å². The number of anilines is 2. The maximum atomic E-state index is 6.22. The average molecular weight is 240 g/mol. The largest absolute Gasteiger partial charge is 0.397 e. The Morgan fingerprint density at radius 2 is 1.94 bits per heavy atom. The van der Waals surface area contributed by atoms with E-state index < -0.39 is 0 Å². The average Bonchev–Trinajstić information content (AvgIpc) is 2.15. The second-order valence-corrected chi connectivity index (χ2v) is 4.96. The van der Waals surface area contributed by atoms with Crippen LogP contribution in [0.1, 0.15) is 13.8 Å². The summed E-state index contributed by atoms with van der Waals surface area (Å²) in [5.41, 5.74) is 7.73. The molecule has 2 rings (SSSR count). The molecular weight excluding hydrogens is 222 g/mol. The summed E-state index contributed by atoms with van der Waals surface area (Å²) in [5, 5.41) is 4.23. The highest BCUT2D eigenvalue weighted by molar-refractivity contribution is 6.34. The third-order valence-corrected chi connectivity index (χ3v) is 3.20. The van der Waals surface area contributed by atoms with E-state index in [4.69, 9.17) is 17.3 Å². The van der Waals surface area contributed by atoms with Gasteiger partial charge in [-0.2, -0.15) is 0 Å². The molecular formula is C12H18ClN3. The van der Waals surface area contributed by atoms with Gasteiger partial charge in [-0.1, -0.05) is 17.7 Å². The molecule has 1 aromatic rings. The fraction of sp³-hybridized carbons (Fsp3) is 0.500. The zero-order valence-electron chi connectivity index (χ0n) is 9.70. The molecule has 1 heterocycles. The van der Waals surface area contributed by atoms with Crippen LogP contribution in [-0.4, -0.2) is 25.2 Å². The smallest absolute Gasteiger partial charge is 0.0790 e. The number of nitrogens with two attached hydrogens (primary N) is 1. The first-order chi connectivity index (χ1) is 7.58. The Hall–Kier alpha value is -0.930. The highest BCUT2D eigenvalue weighted by Gasteiger charge is 2.23. The molecule has 0 radical (unpaired) electrons. The maximum Gasteiger partial charge on any atom is 0.0790 e. The molecule has 4 heteroatoms. The molecule has 3 nitrogen and oxygen atoms in total. The number of nitrogens with one attached hydrogen (secondary N) is 1. The van der Waals surface area contributed by atoms with E-state index in [-0.39, 0.29) is 0 Å². The highest BCUT2D eigenvalue weighted by Crippen LogP contribution is 2.32. The van der Waals surface area contributed by atoms with Crippen molar-refractivity contribution in [1.82, 2.24) is 5.32 Å². The van der Waals surface area contributed by atoms with Crippen molar-refractivity contribution in [1.29, 1.82) is 0 Å². The van der Waals surface area contributed by atoms with E-state index in [1.165, 1.54) is 0 Å². The second-order valence-electron chi connectivity index (χ2n) is 4.55. The molecule has 1 saturated heterocycles. The van der Waals surface area contributed by atoms with E-state index in [1.54, 1.807) is 0 Å². The summed E-state index contributed by atoms with van der Waals surface area (Å²) in [6.07, 6.45) is 0. The summed E-state index contributed by atoms with van der Waals surface area (Å²) in [4.78, 5) is 2.27. The van der Waals surface area contributed by atoms with Crippen LogP contribution in [0.15, 0.2) is 18.2 Å². The fourth-order valence-corrected chi connectivity index (χ4v) is 2.68. The fourth-order valence-electron chi connectivity index (χ4n) is 2.38. The number of nitrogens with zero attached hydrogens (tertiary/aromatic N) is 1. The molecule has 3 N–H and O–H groups in total. The van der Waals surface area contributed by atoms with Gasteiger partial charge < -0.3 is 16.0 Å². The number of hydrogen-bond acceptors (Lipinski definition) is 3. The van der Waals surface area contributed by atoms with Crippen LogP contribution >= 0.6 is 11.6 Å². The summed E-state index contributed by atoms with van der Waals surface area (Å²) in [6.45, 7) is 6.24. The van der Waals surface area contributed by atoms with Crippen LogP contribution < -0.4 is 16.0 Å². The quantitative estimate of drug-likeness (QED) is 0.738. The van der Waals surface area contributed by atoms with Crippen LogP contribution in [0.3, 0.4) is 0 Å². The van der Waals surface area contributed by atoms with Gasteiger partial charge in [-0.3, -0.25) is 0 Å². The zero-order chi connectivity index (χ0) is 11.7. The van der Waals surface area contributed by atoms with Gasteiger partial charge in [0.15, 0.2) is 0 Å². The Balaban J connectivity index is 2.29. The van der Waals surface area contributed by atoms with Crippen molar-refractivity contribution in [3.05, 3.63) is 23.2 Å². The number of halogens is 1. The van der Waals surface area contributed by atoms with E-state index in [2.05, 4.69) is 24.1 Å². The van der Waals surface area contributed by atoms with Gasteiger partial charge in [0.05, 0.1) is 16.4 Å². The summed E-state index contributed by atoms with van der Waals surface area (Å²) < 4.78 is 0. The van der Waals surface area contributed by atoms with E-state index in [1.807, 2.05) is 18.2 Å². The molecule has 2 atom stereocenters. The lowest BCUT2D eigenvalue weighted by Gasteiger charge is -2.38. The van der Waals surface area contributed by atoms with Crippen LogP contribution in [-0.2, 0) is 0 Å². The molecule has 1 aliphatic rings. The predicted molar refractivity (Wildman–Crippen MR) is 70.1 cm³/mol. The summed E-state index contributed by atoms with van der Waals surface area (Å²) in [5.74, 6) is 0. The Bertz CT molecular complexity index is 350. The van der Waals surface area contributed by atoms with Crippen molar-refractivity contribution in [3.63, 3.8) is 0 Å². The van der Waals surface area contributed by atoms with Gasteiger partial charge in [-0.05, 0) is 26.0 Å². The van der Waals surface area contributed by atoms with Gasteiger partial charge in [-0.15, -0.1) is 0 Å². The van der Waals surface area contributed by atoms with E-state index in [0.717, 1.165) is 29.5 Å². The molecule has 1 aromatic carbocycles. The standard InChI is InChI=1S/C12H18ClN3/c1-8-6-16(7-9(2)15-8)12-10(13)4-3-5-11(12)14/h3-5,8-9,15H,6-7,14H2,1-2H3/t8-,9+. The van der Waals surface area contributed by atoms with E-state index in [0.29, 0.717) is 12.1 Å². The zero-order valence-corrected chi connectivity index (χ0v) is 10.5. The molecule has 88 valence electrons. The highest BCUT2D eigenvalue weighted by atomic mass is 35.5. The SMILES string of the molecule is C[C@@H]1CN(c2c(N)cccc2Cl)C[C@H](C)N1. The van der Waals surface area contributed by atoms with E-state index in [9.17, 15) is 0 Å². The number of rotatable bonds is 1. The van der Waals surface area contributed by atoms with E-state index >= 15 is 0 Å². The third-order valence-electron chi connectivity index (χ3n) is 2.89. The molecule has 1 fully saturated rings. The number of piperazine rings is 1. The topological polar surface area (TPSA) is 41.3 Å². The summed E-state index contributed by atoms with van der Waals surface area (Å²) in [7, 11) is 0. The number of hydrogen-bond donors (Lipinski definition) is 2. The molecule has 0 aromatic heterocycles. The van der Waals surface area contributed by atoms with Crippen molar-refractivity contribution in [3.8, 4) is 0 Å². The minimum Gasteiger partial charge on any atom is -0.397 e. The lowest BCUT2D eigenvalue weighted by molar-refractivity contribution is 0.407. The van der Waals surface area contributed by atoms with Crippen molar-refractivity contribution < 1.29 is 0 Å². The van der Waals surface area contributed by atoms with Crippen molar-refractivity contribution >= 4 is 23.0 Å².